The highest BCUT2D eigenvalue weighted by Gasteiger charge is 2.22. The summed E-state index contributed by atoms with van der Waals surface area (Å²) >= 11 is 0. The largest absolute Gasteiger partial charge is 0.368 e. The van der Waals surface area contributed by atoms with Crippen molar-refractivity contribution in [3.05, 3.63) is 41.1 Å². The SMILES string of the molecule is CCN(CC)C(=O)c1c(C)nc(N)nc1-c1ccc(C(C)C)cc1. The first-order chi connectivity index (χ1) is 11.4. The molecule has 0 aliphatic rings. The van der Waals surface area contributed by atoms with Crippen molar-refractivity contribution in [2.45, 2.75) is 40.5 Å². The zero-order chi connectivity index (χ0) is 17.9. The Morgan fingerprint density at radius 2 is 1.71 bits per heavy atom. The van der Waals surface area contributed by atoms with Crippen molar-refractivity contribution in [2.75, 3.05) is 18.8 Å². The molecule has 0 bridgehead atoms. The van der Waals surface area contributed by atoms with Crippen LogP contribution in [0.5, 0.6) is 0 Å². The van der Waals surface area contributed by atoms with Crippen LogP contribution >= 0.6 is 0 Å². The Hall–Kier alpha value is -2.43. The normalized spacial score (nSPS) is 10.9. The van der Waals surface area contributed by atoms with Gasteiger partial charge < -0.3 is 10.6 Å². The van der Waals surface area contributed by atoms with Crippen LogP contribution in [0, 0.1) is 6.92 Å². The summed E-state index contributed by atoms with van der Waals surface area (Å²) in [6.07, 6.45) is 0. The zero-order valence-electron chi connectivity index (χ0n) is 15.1. The number of aromatic nitrogens is 2. The molecule has 24 heavy (non-hydrogen) atoms. The quantitative estimate of drug-likeness (QED) is 0.910. The van der Waals surface area contributed by atoms with Crippen LogP contribution in [0.4, 0.5) is 5.95 Å². The molecule has 0 fully saturated rings. The number of hydrogen-bond acceptors (Lipinski definition) is 4. The molecule has 0 saturated heterocycles. The van der Waals surface area contributed by atoms with Crippen molar-refractivity contribution in [3.8, 4) is 11.3 Å². The minimum atomic E-state index is -0.0552. The molecular formula is C19H26N4O. The van der Waals surface area contributed by atoms with Crippen LogP contribution in [0.3, 0.4) is 0 Å². The number of nitrogens with two attached hydrogens (primary N) is 1. The number of amides is 1. The molecule has 0 atom stereocenters. The van der Waals surface area contributed by atoms with Gasteiger partial charge in [0.15, 0.2) is 0 Å². The molecule has 0 aliphatic heterocycles. The predicted octanol–water partition coefficient (Wildman–Crippen LogP) is 3.64. The van der Waals surface area contributed by atoms with E-state index in [2.05, 4.69) is 35.9 Å². The van der Waals surface area contributed by atoms with E-state index in [-0.39, 0.29) is 11.9 Å². The molecule has 5 nitrogen and oxygen atoms in total. The van der Waals surface area contributed by atoms with Crippen molar-refractivity contribution >= 4 is 11.9 Å². The third-order valence-electron chi connectivity index (χ3n) is 4.22. The third-order valence-corrected chi connectivity index (χ3v) is 4.22. The van der Waals surface area contributed by atoms with Crippen LogP contribution in [0.15, 0.2) is 24.3 Å². The second-order valence-electron chi connectivity index (χ2n) is 6.14. The second kappa shape index (κ2) is 7.43. The van der Waals surface area contributed by atoms with E-state index in [1.54, 1.807) is 11.8 Å². The van der Waals surface area contributed by atoms with Crippen LogP contribution in [0.2, 0.25) is 0 Å². The Morgan fingerprint density at radius 3 is 2.21 bits per heavy atom. The maximum absolute atomic E-state index is 12.9. The monoisotopic (exact) mass is 326 g/mol. The standard InChI is InChI=1S/C19H26N4O/c1-6-23(7-2)18(24)16-13(5)21-19(20)22-17(16)15-10-8-14(9-11-15)12(3)4/h8-12H,6-7H2,1-5H3,(H2,20,21,22). The molecule has 1 aromatic heterocycles. The van der Waals surface area contributed by atoms with Gasteiger partial charge in [-0.1, -0.05) is 38.1 Å². The maximum atomic E-state index is 12.9. The number of carbonyl (C=O) groups is 1. The topological polar surface area (TPSA) is 72.1 Å². The Balaban J connectivity index is 2.58. The highest BCUT2D eigenvalue weighted by atomic mass is 16.2. The van der Waals surface area contributed by atoms with E-state index in [4.69, 9.17) is 5.73 Å². The molecule has 0 aliphatic carbocycles. The Bertz CT molecular complexity index is 719. The fourth-order valence-electron chi connectivity index (χ4n) is 2.75. The number of nitrogen functional groups attached to an aromatic ring is 1. The number of rotatable bonds is 5. The van der Waals surface area contributed by atoms with Crippen LogP contribution < -0.4 is 5.73 Å². The van der Waals surface area contributed by atoms with Crippen molar-refractivity contribution in [1.82, 2.24) is 14.9 Å². The molecule has 1 aromatic carbocycles. The van der Waals surface area contributed by atoms with Gasteiger partial charge in [-0.25, -0.2) is 9.97 Å². The number of carbonyl (C=O) groups excluding carboxylic acids is 1. The van der Waals surface area contributed by atoms with Gasteiger partial charge in [-0.2, -0.15) is 0 Å². The Labute approximate surface area is 143 Å². The number of hydrogen-bond donors (Lipinski definition) is 1. The molecule has 2 aromatic rings. The van der Waals surface area contributed by atoms with Crippen molar-refractivity contribution in [2.24, 2.45) is 0 Å². The first-order valence-electron chi connectivity index (χ1n) is 8.42. The van der Waals surface area contributed by atoms with Gasteiger partial charge >= 0.3 is 0 Å². The summed E-state index contributed by atoms with van der Waals surface area (Å²) in [5, 5.41) is 0. The van der Waals surface area contributed by atoms with Gasteiger partial charge in [0, 0.05) is 18.7 Å². The molecule has 0 saturated carbocycles. The number of anilines is 1. The Kier molecular flexibility index (Phi) is 5.54. The van der Waals surface area contributed by atoms with E-state index in [9.17, 15) is 4.79 Å². The van der Waals surface area contributed by atoms with Gasteiger partial charge in [-0.05, 0) is 32.3 Å². The first-order valence-corrected chi connectivity index (χ1v) is 8.42. The summed E-state index contributed by atoms with van der Waals surface area (Å²) in [5.74, 6) is 0.583. The van der Waals surface area contributed by atoms with Gasteiger partial charge in [-0.3, -0.25) is 4.79 Å². The summed E-state index contributed by atoms with van der Waals surface area (Å²) in [7, 11) is 0. The second-order valence-corrected chi connectivity index (χ2v) is 6.14. The average molecular weight is 326 g/mol. The van der Waals surface area contributed by atoms with Crippen LogP contribution in [-0.4, -0.2) is 33.9 Å². The lowest BCUT2D eigenvalue weighted by molar-refractivity contribution is 0.0772. The molecule has 5 heteroatoms. The molecule has 2 N–H and O–H groups in total. The fourth-order valence-corrected chi connectivity index (χ4v) is 2.75. The van der Waals surface area contributed by atoms with Gasteiger partial charge in [0.05, 0.1) is 17.0 Å². The van der Waals surface area contributed by atoms with Crippen LogP contribution in [0.1, 0.15) is 55.2 Å². The van der Waals surface area contributed by atoms with Gasteiger partial charge in [0.2, 0.25) is 5.95 Å². The summed E-state index contributed by atoms with van der Waals surface area (Å²) in [6, 6.07) is 8.13. The van der Waals surface area contributed by atoms with Crippen LogP contribution in [-0.2, 0) is 0 Å². The first kappa shape index (κ1) is 17.9. The molecule has 2 rings (SSSR count). The van der Waals surface area contributed by atoms with Crippen molar-refractivity contribution < 1.29 is 4.79 Å². The highest BCUT2D eigenvalue weighted by molar-refractivity contribution is 6.01. The third kappa shape index (κ3) is 3.55. The summed E-state index contributed by atoms with van der Waals surface area (Å²) in [5.41, 5.74) is 9.71. The minimum absolute atomic E-state index is 0.0552. The lowest BCUT2D eigenvalue weighted by Crippen LogP contribution is -2.32. The Morgan fingerprint density at radius 1 is 1.12 bits per heavy atom. The number of benzene rings is 1. The van der Waals surface area contributed by atoms with E-state index in [0.717, 1.165) is 5.56 Å². The van der Waals surface area contributed by atoms with Gasteiger partial charge in [-0.15, -0.1) is 0 Å². The zero-order valence-corrected chi connectivity index (χ0v) is 15.1. The molecule has 1 amide bonds. The van der Waals surface area contributed by atoms with E-state index >= 15 is 0 Å². The smallest absolute Gasteiger partial charge is 0.257 e. The lowest BCUT2D eigenvalue weighted by atomic mass is 9.98. The van der Waals surface area contributed by atoms with E-state index < -0.39 is 0 Å². The molecular weight excluding hydrogens is 300 g/mol. The van der Waals surface area contributed by atoms with E-state index in [1.165, 1.54) is 5.56 Å². The van der Waals surface area contributed by atoms with E-state index in [0.29, 0.717) is 36.0 Å². The lowest BCUT2D eigenvalue weighted by Gasteiger charge is -2.21. The van der Waals surface area contributed by atoms with Crippen molar-refractivity contribution in [3.63, 3.8) is 0 Å². The highest BCUT2D eigenvalue weighted by Crippen LogP contribution is 2.27. The molecule has 0 unspecified atom stereocenters. The fraction of sp³-hybridized carbons (Fsp3) is 0.421. The minimum Gasteiger partial charge on any atom is -0.368 e. The van der Waals surface area contributed by atoms with Gasteiger partial charge in [0.1, 0.15) is 0 Å². The maximum Gasteiger partial charge on any atom is 0.257 e. The van der Waals surface area contributed by atoms with Crippen molar-refractivity contribution in [1.29, 1.82) is 0 Å². The summed E-state index contributed by atoms with van der Waals surface area (Å²) in [6.45, 7) is 11.3. The van der Waals surface area contributed by atoms with E-state index in [1.807, 2.05) is 26.0 Å². The molecule has 1 heterocycles. The van der Waals surface area contributed by atoms with Gasteiger partial charge in [0.25, 0.3) is 5.91 Å². The summed E-state index contributed by atoms with van der Waals surface area (Å²) in [4.78, 5) is 23.3. The number of aryl methyl sites for hydroxylation is 1. The molecule has 128 valence electrons. The number of nitrogens with zero attached hydrogens (tertiary/aromatic N) is 3. The summed E-state index contributed by atoms with van der Waals surface area (Å²) < 4.78 is 0. The van der Waals surface area contributed by atoms with Crippen LogP contribution in [0.25, 0.3) is 11.3 Å². The predicted molar refractivity (Wildman–Crippen MR) is 98.0 cm³/mol. The average Bonchev–Trinajstić information content (AvgIpc) is 2.55. The molecule has 0 radical (unpaired) electrons. The molecule has 0 spiro atoms.